The van der Waals surface area contributed by atoms with E-state index in [2.05, 4.69) is 5.32 Å². The Kier molecular flexibility index (Phi) is 11.6. The van der Waals surface area contributed by atoms with Gasteiger partial charge in [0.05, 0.1) is 31.4 Å². The number of methoxy groups -OCH3 is 2. The van der Waals surface area contributed by atoms with Crippen molar-refractivity contribution in [2.24, 2.45) is 0 Å². The Balaban J connectivity index is 1.73. The number of nitrogens with zero attached hydrogens (tertiary/aromatic N) is 2. The third kappa shape index (κ3) is 8.20. The largest absolute Gasteiger partial charge is 0.494 e. The highest BCUT2D eigenvalue weighted by Crippen LogP contribution is 2.33. The van der Waals surface area contributed by atoms with E-state index < -0.39 is 28.5 Å². The number of rotatable bonds is 14. The number of carbonyl (C=O) groups is 2. The molecule has 12 heteroatoms. The summed E-state index contributed by atoms with van der Waals surface area (Å²) in [7, 11) is -1.47. The summed E-state index contributed by atoms with van der Waals surface area (Å²) in [6.07, 6.45) is 3.83. The monoisotopic (exact) mass is 657 g/mol. The van der Waals surface area contributed by atoms with Crippen molar-refractivity contribution in [1.82, 2.24) is 10.2 Å². The lowest BCUT2D eigenvalue weighted by Gasteiger charge is -2.32. The molecular weight excluding hydrogens is 618 g/mol. The van der Waals surface area contributed by atoms with Crippen LogP contribution in [-0.4, -0.2) is 64.6 Å². The van der Waals surface area contributed by atoms with E-state index in [1.54, 1.807) is 55.5 Å². The van der Waals surface area contributed by atoms with Gasteiger partial charge in [0.2, 0.25) is 11.8 Å². The fourth-order valence-electron chi connectivity index (χ4n) is 5.29. The van der Waals surface area contributed by atoms with Gasteiger partial charge < -0.3 is 24.4 Å². The smallest absolute Gasteiger partial charge is 0.264 e. The van der Waals surface area contributed by atoms with Crippen LogP contribution in [0.2, 0.25) is 5.02 Å². The van der Waals surface area contributed by atoms with Gasteiger partial charge >= 0.3 is 0 Å². The summed E-state index contributed by atoms with van der Waals surface area (Å²) in [4.78, 5) is 28.9. The number of ether oxygens (including phenoxy) is 3. The molecule has 0 spiro atoms. The summed E-state index contributed by atoms with van der Waals surface area (Å²) >= 11 is 6.46. The predicted molar refractivity (Wildman–Crippen MR) is 174 cm³/mol. The molecule has 0 heterocycles. The van der Waals surface area contributed by atoms with Crippen LogP contribution in [0.25, 0.3) is 0 Å². The van der Waals surface area contributed by atoms with Gasteiger partial charge in [0, 0.05) is 23.7 Å². The average Bonchev–Trinajstić information content (AvgIpc) is 3.56. The third-order valence-electron chi connectivity index (χ3n) is 7.82. The highest BCUT2D eigenvalue weighted by molar-refractivity contribution is 7.92. The fourth-order valence-corrected chi connectivity index (χ4v) is 6.92. The van der Waals surface area contributed by atoms with Crippen molar-refractivity contribution in [2.45, 2.75) is 63.1 Å². The van der Waals surface area contributed by atoms with Crippen molar-refractivity contribution < 1.29 is 32.2 Å². The Hall–Kier alpha value is -3.96. The van der Waals surface area contributed by atoms with Crippen molar-refractivity contribution in [3.05, 3.63) is 77.3 Å². The van der Waals surface area contributed by atoms with Crippen LogP contribution in [0.15, 0.2) is 71.6 Å². The van der Waals surface area contributed by atoms with E-state index in [0.717, 1.165) is 30.0 Å². The highest BCUT2D eigenvalue weighted by Gasteiger charge is 2.34. The van der Waals surface area contributed by atoms with Crippen LogP contribution in [0, 0.1) is 0 Å². The molecule has 2 amide bonds. The van der Waals surface area contributed by atoms with Crippen LogP contribution in [0.1, 0.15) is 45.1 Å². The molecule has 0 bridgehead atoms. The lowest BCUT2D eigenvalue weighted by atomic mass is 10.1. The van der Waals surface area contributed by atoms with Crippen molar-refractivity contribution in [3.8, 4) is 17.2 Å². The number of halogens is 1. The molecule has 3 aromatic rings. The summed E-state index contributed by atoms with van der Waals surface area (Å²) in [5.74, 6) is 0.232. The van der Waals surface area contributed by atoms with Crippen molar-refractivity contribution in [2.75, 3.05) is 31.7 Å². The van der Waals surface area contributed by atoms with Gasteiger partial charge in [-0.2, -0.15) is 0 Å². The minimum atomic E-state index is -4.33. The first-order chi connectivity index (χ1) is 21.6. The molecular formula is C33H40ClN3O7S. The maximum atomic E-state index is 14.2. The van der Waals surface area contributed by atoms with Gasteiger partial charge in [-0.1, -0.05) is 42.6 Å². The Morgan fingerprint density at radius 3 is 2.27 bits per heavy atom. The Bertz CT molecular complexity index is 1580. The second-order valence-corrected chi connectivity index (χ2v) is 13.0. The van der Waals surface area contributed by atoms with Crippen LogP contribution in [0.4, 0.5) is 5.69 Å². The quantitative estimate of drug-likeness (QED) is 0.246. The molecule has 1 N–H and O–H groups in total. The normalized spacial score (nSPS) is 14.0. The van der Waals surface area contributed by atoms with Gasteiger partial charge in [-0.15, -0.1) is 0 Å². The van der Waals surface area contributed by atoms with E-state index in [-0.39, 0.29) is 34.8 Å². The van der Waals surface area contributed by atoms with Crippen molar-refractivity contribution in [3.63, 3.8) is 0 Å². The molecule has 0 saturated heterocycles. The van der Waals surface area contributed by atoms with Crippen molar-refractivity contribution in [1.29, 1.82) is 0 Å². The molecule has 1 fully saturated rings. The summed E-state index contributed by atoms with van der Waals surface area (Å²) in [6.45, 7) is 3.34. The zero-order valence-corrected chi connectivity index (χ0v) is 27.6. The van der Waals surface area contributed by atoms with Gasteiger partial charge in [-0.25, -0.2) is 8.42 Å². The molecule has 4 rings (SSSR count). The van der Waals surface area contributed by atoms with E-state index in [4.69, 9.17) is 25.8 Å². The van der Waals surface area contributed by atoms with Gasteiger partial charge in [-0.3, -0.25) is 13.9 Å². The first-order valence-electron chi connectivity index (χ1n) is 14.9. The Morgan fingerprint density at radius 2 is 1.64 bits per heavy atom. The first kappa shape index (κ1) is 33.9. The third-order valence-corrected chi connectivity index (χ3v) is 9.96. The molecule has 10 nitrogen and oxygen atoms in total. The van der Waals surface area contributed by atoms with E-state index in [0.29, 0.717) is 28.7 Å². The maximum Gasteiger partial charge on any atom is 0.264 e. The van der Waals surface area contributed by atoms with E-state index in [1.165, 1.54) is 37.3 Å². The minimum absolute atomic E-state index is 0.00524. The number of hydrogen-bond acceptors (Lipinski definition) is 7. The summed E-state index contributed by atoms with van der Waals surface area (Å²) in [5.41, 5.74) is 0.866. The average molecular weight is 658 g/mol. The molecule has 242 valence electrons. The van der Waals surface area contributed by atoms with Gasteiger partial charge in [0.15, 0.2) is 11.5 Å². The second-order valence-electron chi connectivity index (χ2n) is 10.7. The van der Waals surface area contributed by atoms with E-state index in [9.17, 15) is 18.0 Å². The lowest BCUT2D eigenvalue weighted by molar-refractivity contribution is -0.139. The molecule has 45 heavy (non-hydrogen) atoms. The molecule has 1 saturated carbocycles. The topological polar surface area (TPSA) is 114 Å². The molecule has 0 radical (unpaired) electrons. The molecule has 1 atom stereocenters. The fraction of sp³-hybridized carbons (Fsp3) is 0.394. The standard InChI is InChI=1S/C33H40ClN3O7S/c1-5-44-27-16-14-26(15-17-27)37(45(40,41)28-18-19-30(42-3)31(20-28)43-4)22-32(38)36(21-24-10-6-9-13-29(24)34)23(2)33(39)35-25-11-7-8-12-25/h6,9-10,13-20,23,25H,5,7-8,11-12,21-22H2,1-4H3,(H,35,39). The van der Waals surface area contributed by atoms with E-state index in [1.807, 2.05) is 6.92 Å². The van der Waals surface area contributed by atoms with Crippen LogP contribution < -0.4 is 23.8 Å². The SMILES string of the molecule is CCOc1ccc(N(CC(=O)N(Cc2ccccc2Cl)C(C)C(=O)NC2CCCC2)S(=O)(=O)c2ccc(OC)c(OC)c2)cc1. The van der Waals surface area contributed by atoms with Crippen LogP contribution >= 0.6 is 11.6 Å². The summed E-state index contributed by atoms with van der Waals surface area (Å²) in [6, 6.07) is 16.8. The number of hydrogen-bond donors (Lipinski definition) is 1. The Labute approximate surface area is 270 Å². The molecule has 1 unspecified atom stereocenters. The van der Waals surface area contributed by atoms with Crippen molar-refractivity contribution >= 4 is 39.1 Å². The van der Waals surface area contributed by atoms with Gasteiger partial charge in [0.1, 0.15) is 18.3 Å². The number of carbonyl (C=O) groups excluding carboxylic acids is 2. The number of benzene rings is 3. The van der Waals surface area contributed by atoms with Gasteiger partial charge in [0.25, 0.3) is 10.0 Å². The lowest BCUT2D eigenvalue weighted by Crippen LogP contribution is -2.52. The summed E-state index contributed by atoms with van der Waals surface area (Å²) in [5, 5.41) is 3.49. The maximum absolute atomic E-state index is 14.2. The zero-order valence-electron chi connectivity index (χ0n) is 26.0. The minimum Gasteiger partial charge on any atom is -0.494 e. The first-order valence-corrected chi connectivity index (χ1v) is 16.7. The second kappa shape index (κ2) is 15.4. The Morgan fingerprint density at radius 1 is 0.978 bits per heavy atom. The van der Waals surface area contributed by atoms with E-state index >= 15 is 0 Å². The van der Waals surface area contributed by atoms with Crippen LogP contribution in [0.3, 0.4) is 0 Å². The van der Waals surface area contributed by atoms with Crippen LogP contribution in [-0.2, 0) is 26.2 Å². The molecule has 0 aromatic heterocycles. The number of nitrogens with one attached hydrogen (secondary N) is 1. The van der Waals surface area contributed by atoms with Gasteiger partial charge in [-0.05, 0) is 74.7 Å². The number of sulfonamides is 1. The molecule has 0 aliphatic heterocycles. The highest BCUT2D eigenvalue weighted by atomic mass is 35.5. The summed E-state index contributed by atoms with van der Waals surface area (Å²) < 4.78 is 45.7. The molecule has 1 aliphatic carbocycles. The van der Waals surface area contributed by atoms with Crippen LogP contribution in [0.5, 0.6) is 17.2 Å². The zero-order chi connectivity index (χ0) is 32.6. The number of amides is 2. The molecule has 3 aromatic carbocycles. The predicted octanol–water partition coefficient (Wildman–Crippen LogP) is 5.43. The molecule has 1 aliphatic rings. The number of anilines is 1.